The Labute approximate surface area is 117 Å². The summed E-state index contributed by atoms with van der Waals surface area (Å²) in [6, 6.07) is 7.56. The standard InChI is InChI=1S/C13H16ClN5/c14-11-3-1-10(2-4-11)13-16-12(17-18-13)9-19-7-5-15-6-8-19/h1-4,15H,5-9H2,(H,16,17,18). The molecule has 0 spiro atoms. The molecule has 0 unspecified atom stereocenters. The summed E-state index contributed by atoms with van der Waals surface area (Å²) in [6.07, 6.45) is 0. The van der Waals surface area contributed by atoms with Crippen molar-refractivity contribution < 1.29 is 0 Å². The van der Waals surface area contributed by atoms with E-state index in [1.807, 2.05) is 24.3 Å². The third kappa shape index (κ3) is 3.12. The molecule has 0 aliphatic carbocycles. The molecule has 100 valence electrons. The maximum Gasteiger partial charge on any atom is 0.181 e. The van der Waals surface area contributed by atoms with E-state index in [0.717, 1.165) is 55.0 Å². The fraction of sp³-hybridized carbons (Fsp3) is 0.385. The van der Waals surface area contributed by atoms with E-state index in [4.69, 9.17) is 11.6 Å². The van der Waals surface area contributed by atoms with Crippen LogP contribution in [0.3, 0.4) is 0 Å². The second-order valence-corrected chi connectivity index (χ2v) is 5.08. The van der Waals surface area contributed by atoms with Gasteiger partial charge in [0.1, 0.15) is 5.82 Å². The Bertz CT molecular complexity index is 530. The SMILES string of the molecule is Clc1ccc(-c2n[nH]c(CN3CCNCC3)n2)cc1. The second kappa shape index (κ2) is 5.69. The highest BCUT2D eigenvalue weighted by Gasteiger charge is 2.13. The number of piperazine rings is 1. The fourth-order valence-corrected chi connectivity index (χ4v) is 2.30. The first-order chi connectivity index (χ1) is 9.31. The predicted molar refractivity (Wildman–Crippen MR) is 75.0 cm³/mol. The maximum absolute atomic E-state index is 5.87. The minimum absolute atomic E-state index is 0.723. The van der Waals surface area contributed by atoms with Crippen LogP contribution in [-0.2, 0) is 6.54 Å². The Hall–Kier alpha value is -1.43. The number of hydrogen-bond acceptors (Lipinski definition) is 4. The summed E-state index contributed by atoms with van der Waals surface area (Å²) in [5, 5.41) is 11.3. The summed E-state index contributed by atoms with van der Waals surface area (Å²) < 4.78 is 0. The number of H-pyrrole nitrogens is 1. The number of aromatic nitrogens is 3. The van der Waals surface area contributed by atoms with Gasteiger partial charge in [-0.15, -0.1) is 0 Å². The zero-order valence-electron chi connectivity index (χ0n) is 10.6. The van der Waals surface area contributed by atoms with Crippen LogP contribution in [0.2, 0.25) is 5.02 Å². The minimum atomic E-state index is 0.723. The minimum Gasteiger partial charge on any atom is -0.314 e. The number of benzene rings is 1. The fourth-order valence-electron chi connectivity index (χ4n) is 2.18. The molecule has 0 atom stereocenters. The van der Waals surface area contributed by atoms with E-state index in [2.05, 4.69) is 25.4 Å². The molecule has 19 heavy (non-hydrogen) atoms. The van der Waals surface area contributed by atoms with Gasteiger partial charge in [0.2, 0.25) is 0 Å². The molecule has 2 aromatic rings. The smallest absolute Gasteiger partial charge is 0.181 e. The van der Waals surface area contributed by atoms with Gasteiger partial charge in [-0.3, -0.25) is 10.00 Å². The summed E-state index contributed by atoms with van der Waals surface area (Å²) in [7, 11) is 0. The summed E-state index contributed by atoms with van der Waals surface area (Å²) in [5.41, 5.74) is 0.979. The molecule has 1 fully saturated rings. The molecule has 1 aromatic carbocycles. The van der Waals surface area contributed by atoms with Crippen LogP contribution in [0.5, 0.6) is 0 Å². The molecular formula is C13H16ClN5. The van der Waals surface area contributed by atoms with Crippen molar-refractivity contribution in [2.24, 2.45) is 0 Å². The van der Waals surface area contributed by atoms with E-state index in [1.54, 1.807) is 0 Å². The molecule has 1 aliphatic rings. The van der Waals surface area contributed by atoms with Gasteiger partial charge >= 0.3 is 0 Å². The van der Waals surface area contributed by atoms with Crippen molar-refractivity contribution in [3.8, 4) is 11.4 Å². The Morgan fingerprint density at radius 2 is 1.89 bits per heavy atom. The van der Waals surface area contributed by atoms with Gasteiger partial charge in [0.05, 0.1) is 6.54 Å². The Kier molecular flexibility index (Phi) is 3.77. The number of aromatic amines is 1. The van der Waals surface area contributed by atoms with Gasteiger partial charge in [-0.05, 0) is 24.3 Å². The van der Waals surface area contributed by atoms with Crippen molar-refractivity contribution in [1.82, 2.24) is 25.4 Å². The first-order valence-electron chi connectivity index (χ1n) is 6.41. The molecular weight excluding hydrogens is 262 g/mol. The molecule has 0 saturated carbocycles. The van der Waals surface area contributed by atoms with E-state index >= 15 is 0 Å². The molecule has 5 nitrogen and oxygen atoms in total. The quantitative estimate of drug-likeness (QED) is 0.893. The molecule has 1 saturated heterocycles. The van der Waals surface area contributed by atoms with E-state index in [0.29, 0.717) is 0 Å². The van der Waals surface area contributed by atoms with Crippen molar-refractivity contribution in [2.45, 2.75) is 6.54 Å². The number of nitrogens with one attached hydrogen (secondary N) is 2. The Balaban J connectivity index is 1.70. The number of rotatable bonds is 3. The van der Waals surface area contributed by atoms with Crippen molar-refractivity contribution in [3.05, 3.63) is 35.1 Å². The van der Waals surface area contributed by atoms with E-state index in [9.17, 15) is 0 Å². The number of nitrogens with zero attached hydrogens (tertiary/aromatic N) is 3. The lowest BCUT2D eigenvalue weighted by molar-refractivity contribution is 0.228. The highest BCUT2D eigenvalue weighted by atomic mass is 35.5. The lowest BCUT2D eigenvalue weighted by atomic mass is 10.2. The van der Waals surface area contributed by atoms with Gasteiger partial charge in [-0.1, -0.05) is 11.6 Å². The van der Waals surface area contributed by atoms with Crippen LogP contribution in [-0.4, -0.2) is 46.3 Å². The van der Waals surface area contributed by atoms with Gasteiger partial charge in [-0.25, -0.2) is 4.98 Å². The predicted octanol–water partition coefficient (Wildman–Crippen LogP) is 1.53. The molecule has 0 amide bonds. The monoisotopic (exact) mass is 277 g/mol. The molecule has 2 heterocycles. The van der Waals surface area contributed by atoms with Crippen molar-refractivity contribution in [1.29, 1.82) is 0 Å². The average molecular weight is 278 g/mol. The molecule has 0 bridgehead atoms. The van der Waals surface area contributed by atoms with Crippen LogP contribution in [0, 0.1) is 0 Å². The van der Waals surface area contributed by atoms with Gasteiger partial charge in [0.15, 0.2) is 5.82 Å². The molecule has 1 aliphatic heterocycles. The molecule has 2 N–H and O–H groups in total. The van der Waals surface area contributed by atoms with Crippen LogP contribution in [0.15, 0.2) is 24.3 Å². The first kappa shape index (κ1) is 12.6. The Morgan fingerprint density at radius 1 is 1.16 bits per heavy atom. The van der Waals surface area contributed by atoms with E-state index in [1.165, 1.54) is 0 Å². The third-order valence-electron chi connectivity index (χ3n) is 3.22. The Morgan fingerprint density at radius 3 is 2.63 bits per heavy atom. The highest BCUT2D eigenvalue weighted by Crippen LogP contribution is 2.18. The molecule has 3 rings (SSSR count). The summed E-state index contributed by atoms with van der Waals surface area (Å²) in [5.74, 6) is 1.63. The van der Waals surface area contributed by atoms with Crippen molar-refractivity contribution >= 4 is 11.6 Å². The topological polar surface area (TPSA) is 56.8 Å². The van der Waals surface area contributed by atoms with Gasteiger partial charge in [0, 0.05) is 36.8 Å². The van der Waals surface area contributed by atoms with E-state index in [-0.39, 0.29) is 0 Å². The van der Waals surface area contributed by atoms with Gasteiger partial charge < -0.3 is 5.32 Å². The van der Waals surface area contributed by atoms with Crippen molar-refractivity contribution in [2.75, 3.05) is 26.2 Å². The molecule has 1 aromatic heterocycles. The second-order valence-electron chi connectivity index (χ2n) is 4.64. The highest BCUT2D eigenvalue weighted by molar-refractivity contribution is 6.30. The summed E-state index contributed by atoms with van der Waals surface area (Å²) >= 11 is 5.87. The van der Waals surface area contributed by atoms with Gasteiger partial charge in [0.25, 0.3) is 0 Å². The maximum atomic E-state index is 5.87. The lowest BCUT2D eigenvalue weighted by Gasteiger charge is -2.25. The van der Waals surface area contributed by atoms with Gasteiger partial charge in [-0.2, -0.15) is 5.10 Å². The number of hydrogen-bond donors (Lipinski definition) is 2. The summed E-state index contributed by atoms with van der Waals surface area (Å²) in [4.78, 5) is 6.90. The lowest BCUT2D eigenvalue weighted by Crippen LogP contribution is -2.43. The van der Waals surface area contributed by atoms with E-state index < -0.39 is 0 Å². The van der Waals surface area contributed by atoms with Crippen LogP contribution in [0.4, 0.5) is 0 Å². The average Bonchev–Trinajstić information content (AvgIpc) is 2.89. The first-order valence-corrected chi connectivity index (χ1v) is 6.79. The zero-order valence-corrected chi connectivity index (χ0v) is 11.3. The van der Waals surface area contributed by atoms with Crippen LogP contribution < -0.4 is 5.32 Å². The summed E-state index contributed by atoms with van der Waals surface area (Å²) in [6.45, 7) is 5.01. The van der Waals surface area contributed by atoms with Crippen LogP contribution in [0.25, 0.3) is 11.4 Å². The normalized spacial score (nSPS) is 16.7. The largest absolute Gasteiger partial charge is 0.314 e. The zero-order chi connectivity index (χ0) is 13.1. The molecule has 0 radical (unpaired) electrons. The van der Waals surface area contributed by atoms with Crippen LogP contribution >= 0.6 is 11.6 Å². The number of halogens is 1. The third-order valence-corrected chi connectivity index (χ3v) is 3.47. The van der Waals surface area contributed by atoms with Crippen LogP contribution in [0.1, 0.15) is 5.82 Å². The molecule has 6 heteroatoms. The van der Waals surface area contributed by atoms with Crippen molar-refractivity contribution in [3.63, 3.8) is 0 Å².